The lowest BCUT2D eigenvalue weighted by Gasteiger charge is -2.43. The molecule has 1 aliphatic heterocycles. The topological polar surface area (TPSA) is 137 Å². The summed E-state index contributed by atoms with van der Waals surface area (Å²) in [5, 5.41) is 4.24. The van der Waals surface area contributed by atoms with Gasteiger partial charge in [0.05, 0.1) is 0 Å². The molecule has 0 aliphatic carbocycles. The smallest absolute Gasteiger partial charge is 0.303 e. The van der Waals surface area contributed by atoms with Crippen molar-refractivity contribution < 1.29 is 33.3 Å². The molecule has 0 saturated carbocycles. The second kappa shape index (κ2) is 11.1. The molecule has 5 atom stereocenters. The van der Waals surface area contributed by atoms with E-state index >= 15 is 0 Å². The molecule has 1 aromatic rings. The van der Waals surface area contributed by atoms with E-state index in [0.29, 0.717) is 5.02 Å². The largest absolute Gasteiger partial charge is 0.463 e. The molecule has 12 heteroatoms. The highest BCUT2D eigenvalue weighted by molar-refractivity contribution is 7.99. The minimum Gasteiger partial charge on any atom is -0.463 e. The Labute approximate surface area is 181 Å². The number of nitrogens with zero attached hydrogens (tertiary/aromatic N) is 3. The second-order valence-electron chi connectivity index (χ2n) is 6.26. The number of benzene rings is 1. The summed E-state index contributed by atoms with van der Waals surface area (Å²) >= 11 is 7.11. The van der Waals surface area contributed by atoms with Gasteiger partial charge in [0.2, 0.25) is 0 Å². The molecule has 30 heavy (non-hydrogen) atoms. The molecule has 2 unspecified atom stereocenters. The number of thioether (sulfide) groups is 1. The molecular weight excluding hydrogens is 438 g/mol. The average molecular weight is 458 g/mol. The molecule has 0 spiro atoms. The van der Waals surface area contributed by atoms with Gasteiger partial charge in [0.25, 0.3) is 0 Å². The first-order valence-corrected chi connectivity index (χ1v) is 10.1. The maximum Gasteiger partial charge on any atom is 0.303 e. The molecule has 0 amide bonds. The first-order chi connectivity index (χ1) is 14.2. The maximum atomic E-state index is 11.7. The lowest BCUT2D eigenvalue weighted by molar-refractivity contribution is -0.201. The number of hydrogen-bond acceptors (Lipinski definition) is 9. The first kappa shape index (κ1) is 23.8. The maximum absolute atomic E-state index is 11.7. The Hall–Kier alpha value is -2.46. The highest BCUT2D eigenvalue weighted by Gasteiger charge is 2.50. The molecule has 2 rings (SSSR count). The normalized spacial score (nSPS) is 25.5. The first-order valence-electron chi connectivity index (χ1n) is 8.81. The van der Waals surface area contributed by atoms with E-state index in [4.69, 9.17) is 36.1 Å². The van der Waals surface area contributed by atoms with Gasteiger partial charge in [0, 0.05) is 35.6 Å². The van der Waals surface area contributed by atoms with Gasteiger partial charge in [-0.3, -0.25) is 14.4 Å². The molecule has 162 valence electrons. The van der Waals surface area contributed by atoms with Crippen molar-refractivity contribution in [3.8, 4) is 0 Å². The van der Waals surface area contributed by atoms with Crippen LogP contribution < -0.4 is 0 Å². The molecule has 1 heterocycles. The van der Waals surface area contributed by atoms with E-state index in [9.17, 15) is 14.4 Å². The Balaban J connectivity index is 2.41. The number of rotatable bonds is 7. The van der Waals surface area contributed by atoms with Crippen molar-refractivity contribution in [3.05, 3.63) is 39.7 Å². The van der Waals surface area contributed by atoms with E-state index in [1.807, 2.05) is 0 Å². The Morgan fingerprint density at radius 1 is 1.10 bits per heavy atom. The van der Waals surface area contributed by atoms with Crippen molar-refractivity contribution in [3.63, 3.8) is 0 Å². The van der Waals surface area contributed by atoms with Gasteiger partial charge in [-0.1, -0.05) is 28.5 Å². The Morgan fingerprint density at radius 2 is 1.70 bits per heavy atom. The van der Waals surface area contributed by atoms with Crippen LogP contribution in [0.5, 0.6) is 0 Å². The SMILES string of the molecule is CC(=O)OCC1O[C@H](Sc2ccc(Cl)cc2)C(OC(C)=O)[C@@H](N=[N+]=[N-])[C@H]1OC(C)=O. The molecule has 1 aromatic carbocycles. The van der Waals surface area contributed by atoms with Crippen LogP contribution in [0.1, 0.15) is 20.8 Å². The van der Waals surface area contributed by atoms with Crippen LogP contribution in [0.3, 0.4) is 0 Å². The molecule has 1 aliphatic rings. The summed E-state index contributed by atoms with van der Waals surface area (Å²) in [7, 11) is 0. The van der Waals surface area contributed by atoms with Crippen molar-refractivity contribution in [1.82, 2.24) is 0 Å². The van der Waals surface area contributed by atoms with E-state index in [2.05, 4.69) is 10.0 Å². The lowest BCUT2D eigenvalue weighted by Crippen LogP contribution is -2.59. The predicted molar refractivity (Wildman–Crippen MR) is 107 cm³/mol. The third-order valence-electron chi connectivity index (χ3n) is 3.92. The molecule has 0 radical (unpaired) electrons. The molecule has 1 fully saturated rings. The van der Waals surface area contributed by atoms with Crippen LogP contribution in [-0.4, -0.2) is 54.3 Å². The predicted octanol–water partition coefficient (Wildman–Crippen LogP) is 3.26. The van der Waals surface area contributed by atoms with Crippen LogP contribution in [0.25, 0.3) is 10.4 Å². The van der Waals surface area contributed by atoms with Crippen molar-refractivity contribution in [2.24, 2.45) is 5.11 Å². The number of carbonyl (C=O) groups is 3. The number of carbonyl (C=O) groups excluding carboxylic acids is 3. The molecule has 0 bridgehead atoms. The fraction of sp³-hybridized carbons (Fsp3) is 0.500. The molecule has 0 N–H and O–H groups in total. The Bertz CT molecular complexity index is 832. The van der Waals surface area contributed by atoms with Crippen LogP contribution in [0.15, 0.2) is 34.3 Å². The molecule has 1 saturated heterocycles. The van der Waals surface area contributed by atoms with Crippen molar-refractivity contribution in [2.75, 3.05) is 6.61 Å². The van der Waals surface area contributed by atoms with Crippen molar-refractivity contribution >= 4 is 41.3 Å². The summed E-state index contributed by atoms with van der Waals surface area (Å²) in [6.45, 7) is 3.33. The minimum absolute atomic E-state index is 0.255. The number of azide groups is 1. The molecule has 10 nitrogen and oxygen atoms in total. The zero-order valence-electron chi connectivity index (χ0n) is 16.4. The average Bonchev–Trinajstić information content (AvgIpc) is 2.66. The van der Waals surface area contributed by atoms with Gasteiger partial charge in [0.15, 0.2) is 0 Å². The summed E-state index contributed by atoms with van der Waals surface area (Å²) in [6, 6.07) is 5.72. The number of hydrogen-bond donors (Lipinski definition) is 0. The summed E-state index contributed by atoms with van der Waals surface area (Å²) in [6.07, 6.45) is -3.16. The van der Waals surface area contributed by atoms with E-state index in [1.54, 1.807) is 24.3 Å². The lowest BCUT2D eigenvalue weighted by atomic mass is 9.97. The van der Waals surface area contributed by atoms with Crippen LogP contribution >= 0.6 is 23.4 Å². The molecular formula is C18H20ClN3O7S. The Morgan fingerprint density at radius 3 is 2.23 bits per heavy atom. The van der Waals surface area contributed by atoms with E-state index < -0.39 is 47.7 Å². The van der Waals surface area contributed by atoms with Gasteiger partial charge >= 0.3 is 17.9 Å². The van der Waals surface area contributed by atoms with E-state index in [1.165, 1.54) is 32.5 Å². The van der Waals surface area contributed by atoms with E-state index in [0.717, 1.165) is 4.90 Å². The number of halogens is 1. The van der Waals surface area contributed by atoms with Crippen LogP contribution in [-0.2, 0) is 33.3 Å². The zero-order chi connectivity index (χ0) is 22.3. The fourth-order valence-electron chi connectivity index (χ4n) is 2.82. The third-order valence-corrected chi connectivity index (χ3v) is 5.33. The standard InChI is InChI=1S/C18H20ClN3O7S/c1-9(23)26-8-14-16(27-10(2)24)15(21-22-20)17(28-11(3)25)18(29-14)30-13-6-4-12(19)5-7-13/h4-7,14-18H,8H2,1-3H3/t14?,15-,16-,17?,18+/m0/s1. The summed E-state index contributed by atoms with van der Waals surface area (Å²) < 4.78 is 21.7. The van der Waals surface area contributed by atoms with E-state index in [-0.39, 0.29) is 6.61 Å². The second-order valence-corrected chi connectivity index (χ2v) is 7.87. The van der Waals surface area contributed by atoms with Crippen LogP contribution in [0, 0.1) is 0 Å². The monoisotopic (exact) mass is 457 g/mol. The quantitative estimate of drug-likeness (QED) is 0.200. The van der Waals surface area contributed by atoms with Crippen LogP contribution in [0.4, 0.5) is 0 Å². The summed E-state index contributed by atoms with van der Waals surface area (Å²) in [5.74, 6) is -1.87. The summed E-state index contributed by atoms with van der Waals surface area (Å²) in [5.41, 5.74) is 8.21. The van der Waals surface area contributed by atoms with Gasteiger partial charge < -0.3 is 18.9 Å². The van der Waals surface area contributed by atoms with Gasteiger partial charge in [0.1, 0.15) is 36.4 Å². The highest BCUT2D eigenvalue weighted by Crippen LogP contribution is 2.37. The summed E-state index contributed by atoms with van der Waals surface area (Å²) in [4.78, 5) is 38.2. The zero-order valence-corrected chi connectivity index (χ0v) is 18.0. The highest BCUT2D eigenvalue weighted by atomic mass is 35.5. The van der Waals surface area contributed by atoms with Gasteiger partial charge in [-0.15, -0.1) is 0 Å². The third kappa shape index (κ3) is 6.81. The fourth-order valence-corrected chi connectivity index (χ4v) is 4.05. The van der Waals surface area contributed by atoms with Crippen molar-refractivity contribution in [1.29, 1.82) is 0 Å². The minimum atomic E-state index is -1.14. The molecule has 0 aromatic heterocycles. The number of esters is 3. The van der Waals surface area contributed by atoms with Gasteiger partial charge in [-0.2, -0.15) is 0 Å². The number of ether oxygens (including phenoxy) is 4. The van der Waals surface area contributed by atoms with Gasteiger partial charge in [-0.25, -0.2) is 0 Å². The Kier molecular flexibility index (Phi) is 8.79. The van der Waals surface area contributed by atoms with Crippen molar-refractivity contribution in [2.45, 2.75) is 55.5 Å². The van der Waals surface area contributed by atoms with Gasteiger partial charge in [-0.05, 0) is 29.8 Å². The van der Waals surface area contributed by atoms with Crippen LogP contribution in [0.2, 0.25) is 5.02 Å².